The standard InChI is InChI=1S/C23H26N6O2/c1-28-9-11-29(12-10-28)15-20(30)27-19-7-8-25-23-21(19)17(14-26-23)13-18(22(24)31)16-5-3-2-4-6-16/h2-8,13-14H,9-12,15H2,1H3,(H2,24,31)(H2,25,26,27,30). The van der Waals surface area contributed by atoms with E-state index < -0.39 is 5.91 Å². The van der Waals surface area contributed by atoms with Gasteiger partial charge in [-0.25, -0.2) is 4.98 Å². The molecule has 8 nitrogen and oxygen atoms in total. The quantitative estimate of drug-likeness (QED) is 0.529. The molecular weight excluding hydrogens is 392 g/mol. The second-order valence-electron chi connectivity index (χ2n) is 7.74. The summed E-state index contributed by atoms with van der Waals surface area (Å²) < 4.78 is 0. The van der Waals surface area contributed by atoms with Gasteiger partial charge in [-0.1, -0.05) is 30.3 Å². The molecule has 4 rings (SSSR count). The van der Waals surface area contributed by atoms with E-state index in [-0.39, 0.29) is 5.91 Å². The Morgan fingerprint density at radius 3 is 2.61 bits per heavy atom. The number of rotatable bonds is 6. The molecule has 0 saturated carbocycles. The Balaban J connectivity index is 1.62. The molecule has 1 aromatic carbocycles. The van der Waals surface area contributed by atoms with Gasteiger partial charge in [0.1, 0.15) is 5.65 Å². The highest BCUT2D eigenvalue weighted by molar-refractivity contribution is 6.24. The van der Waals surface area contributed by atoms with Gasteiger partial charge in [0.25, 0.3) is 0 Å². The maximum absolute atomic E-state index is 12.7. The smallest absolute Gasteiger partial charge is 0.249 e. The number of aromatic nitrogens is 2. The third-order valence-electron chi connectivity index (χ3n) is 5.49. The van der Waals surface area contributed by atoms with Gasteiger partial charge in [0.15, 0.2) is 0 Å². The Labute approximate surface area is 180 Å². The molecule has 2 amide bonds. The number of H-pyrrole nitrogens is 1. The largest absolute Gasteiger partial charge is 0.366 e. The molecule has 1 saturated heterocycles. The number of aromatic amines is 1. The number of primary amides is 1. The van der Waals surface area contributed by atoms with Crippen molar-refractivity contribution in [3.05, 3.63) is 59.9 Å². The number of piperazine rings is 1. The predicted molar refractivity (Wildman–Crippen MR) is 122 cm³/mol. The Morgan fingerprint density at radius 1 is 1.16 bits per heavy atom. The molecular formula is C23H26N6O2. The van der Waals surface area contributed by atoms with E-state index in [2.05, 4.69) is 32.1 Å². The van der Waals surface area contributed by atoms with Crippen LogP contribution in [0.4, 0.5) is 5.69 Å². The third-order valence-corrected chi connectivity index (χ3v) is 5.49. The topological polar surface area (TPSA) is 107 Å². The lowest BCUT2D eigenvalue weighted by Crippen LogP contribution is -2.47. The highest BCUT2D eigenvalue weighted by Crippen LogP contribution is 2.29. The number of nitrogens with one attached hydrogen (secondary N) is 2. The van der Waals surface area contributed by atoms with E-state index in [9.17, 15) is 9.59 Å². The summed E-state index contributed by atoms with van der Waals surface area (Å²) in [7, 11) is 2.09. The molecule has 3 heterocycles. The van der Waals surface area contributed by atoms with E-state index in [1.165, 1.54) is 0 Å². The Morgan fingerprint density at radius 2 is 1.90 bits per heavy atom. The summed E-state index contributed by atoms with van der Waals surface area (Å²) in [5.74, 6) is -0.601. The second kappa shape index (κ2) is 9.11. The molecule has 2 aromatic heterocycles. The number of hydrogen-bond donors (Lipinski definition) is 3. The van der Waals surface area contributed by atoms with Crippen LogP contribution in [0.1, 0.15) is 11.1 Å². The van der Waals surface area contributed by atoms with Crippen molar-refractivity contribution in [2.24, 2.45) is 5.73 Å². The fraction of sp³-hybridized carbons (Fsp3) is 0.261. The van der Waals surface area contributed by atoms with Gasteiger partial charge in [-0.3, -0.25) is 14.5 Å². The Bertz CT molecular complexity index is 1110. The summed E-state index contributed by atoms with van der Waals surface area (Å²) in [6, 6.07) is 11.0. The second-order valence-corrected chi connectivity index (χ2v) is 7.74. The van der Waals surface area contributed by atoms with Crippen molar-refractivity contribution >= 4 is 40.2 Å². The van der Waals surface area contributed by atoms with Gasteiger partial charge in [0, 0.05) is 55.1 Å². The summed E-state index contributed by atoms with van der Waals surface area (Å²) >= 11 is 0. The summed E-state index contributed by atoms with van der Waals surface area (Å²) in [4.78, 5) is 36.7. The van der Waals surface area contributed by atoms with Gasteiger partial charge in [-0.15, -0.1) is 0 Å². The van der Waals surface area contributed by atoms with Crippen LogP contribution >= 0.6 is 0 Å². The molecule has 3 aromatic rings. The van der Waals surface area contributed by atoms with E-state index >= 15 is 0 Å². The van der Waals surface area contributed by atoms with Crippen LogP contribution in [0.25, 0.3) is 22.7 Å². The lowest BCUT2D eigenvalue weighted by Gasteiger charge is -2.31. The van der Waals surface area contributed by atoms with Crippen molar-refractivity contribution < 1.29 is 9.59 Å². The minimum absolute atomic E-state index is 0.0774. The van der Waals surface area contributed by atoms with Crippen LogP contribution in [0.15, 0.2) is 48.8 Å². The van der Waals surface area contributed by atoms with Gasteiger partial charge >= 0.3 is 0 Å². The summed E-state index contributed by atoms with van der Waals surface area (Å²) in [5, 5.41) is 3.75. The molecule has 0 radical (unpaired) electrons. The van der Waals surface area contributed by atoms with Gasteiger partial charge in [0.05, 0.1) is 12.2 Å². The fourth-order valence-electron chi connectivity index (χ4n) is 3.77. The Hall–Kier alpha value is -3.49. The van der Waals surface area contributed by atoms with E-state index in [1.807, 2.05) is 30.3 Å². The van der Waals surface area contributed by atoms with Crippen molar-refractivity contribution in [2.45, 2.75) is 0 Å². The lowest BCUT2D eigenvalue weighted by molar-refractivity contribution is -0.117. The average molecular weight is 419 g/mol. The summed E-state index contributed by atoms with van der Waals surface area (Å²) in [6.45, 7) is 3.98. The number of nitrogens with zero attached hydrogens (tertiary/aromatic N) is 3. The highest BCUT2D eigenvalue weighted by Gasteiger charge is 2.18. The molecule has 1 fully saturated rings. The number of benzene rings is 1. The molecule has 1 aliphatic heterocycles. The van der Waals surface area contributed by atoms with Crippen molar-refractivity contribution in [2.75, 3.05) is 45.1 Å². The minimum atomic E-state index is -0.523. The van der Waals surface area contributed by atoms with Crippen molar-refractivity contribution in [3.8, 4) is 0 Å². The number of likely N-dealkylation sites (N-methyl/N-ethyl adjacent to an activating group) is 1. The zero-order valence-corrected chi connectivity index (χ0v) is 17.5. The number of carbonyl (C=O) groups excluding carboxylic acids is 2. The Kier molecular flexibility index (Phi) is 6.11. The molecule has 0 atom stereocenters. The van der Waals surface area contributed by atoms with Gasteiger partial charge in [-0.2, -0.15) is 0 Å². The first-order chi connectivity index (χ1) is 15.0. The molecule has 4 N–H and O–H groups in total. The monoisotopic (exact) mass is 418 g/mol. The van der Waals surface area contributed by atoms with Crippen LogP contribution in [0, 0.1) is 0 Å². The zero-order valence-electron chi connectivity index (χ0n) is 17.5. The zero-order chi connectivity index (χ0) is 21.8. The number of hydrogen-bond acceptors (Lipinski definition) is 5. The molecule has 160 valence electrons. The molecule has 1 aliphatic rings. The third kappa shape index (κ3) is 4.82. The average Bonchev–Trinajstić information content (AvgIpc) is 3.18. The number of fused-ring (bicyclic) bond motifs is 1. The number of pyridine rings is 1. The fourth-order valence-corrected chi connectivity index (χ4v) is 3.77. The minimum Gasteiger partial charge on any atom is -0.366 e. The van der Waals surface area contributed by atoms with E-state index in [0.29, 0.717) is 23.5 Å². The van der Waals surface area contributed by atoms with E-state index in [4.69, 9.17) is 5.73 Å². The van der Waals surface area contributed by atoms with Crippen molar-refractivity contribution in [1.29, 1.82) is 0 Å². The maximum Gasteiger partial charge on any atom is 0.249 e. The number of nitrogens with two attached hydrogens (primary N) is 1. The first kappa shape index (κ1) is 20.8. The van der Waals surface area contributed by atoms with Gasteiger partial charge in [0.2, 0.25) is 11.8 Å². The molecule has 0 spiro atoms. The van der Waals surface area contributed by atoms with Gasteiger partial charge in [-0.05, 0) is 24.8 Å². The SMILES string of the molecule is CN1CCN(CC(=O)Nc2ccnc3[nH]cc(C=C(C(N)=O)c4ccccc4)c23)CC1. The van der Waals surface area contributed by atoms with Crippen LogP contribution in [0.5, 0.6) is 0 Å². The van der Waals surface area contributed by atoms with Crippen LogP contribution in [-0.4, -0.2) is 71.4 Å². The molecule has 0 aliphatic carbocycles. The summed E-state index contributed by atoms with van der Waals surface area (Å²) in [5.41, 5.74) is 8.77. The van der Waals surface area contributed by atoms with Crippen LogP contribution < -0.4 is 11.1 Å². The molecule has 8 heteroatoms. The van der Waals surface area contributed by atoms with Crippen LogP contribution in [0.3, 0.4) is 0 Å². The van der Waals surface area contributed by atoms with Gasteiger partial charge < -0.3 is 20.9 Å². The first-order valence-electron chi connectivity index (χ1n) is 10.2. The lowest BCUT2D eigenvalue weighted by atomic mass is 10.0. The first-order valence-corrected chi connectivity index (χ1v) is 10.2. The van der Waals surface area contributed by atoms with E-state index in [0.717, 1.165) is 42.7 Å². The van der Waals surface area contributed by atoms with Crippen LogP contribution in [0.2, 0.25) is 0 Å². The van der Waals surface area contributed by atoms with Crippen molar-refractivity contribution in [3.63, 3.8) is 0 Å². The summed E-state index contributed by atoms with van der Waals surface area (Å²) in [6.07, 6.45) is 5.14. The number of carbonyl (C=O) groups is 2. The molecule has 31 heavy (non-hydrogen) atoms. The maximum atomic E-state index is 12.7. The highest BCUT2D eigenvalue weighted by atomic mass is 16.2. The molecule has 0 unspecified atom stereocenters. The van der Waals surface area contributed by atoms with Crippen LogP contribution in [-0.2, 0) is 9.59 Å². The number of anilines is 1. The normalized spacial score (nSPS) is 15.8. The van der Waals surface area contributed by atoms with E-state index in [1.54, 1.807) is 24.5 Å². The van der Waals surface area contributed by atoms with Crippen molar-refractivity contribution in [1.82, 2.24) is 19.8 Å². The number of amides is 2. The predicted octanol–water partition coefficient (Wildman–Crippen LogP) is 1.77. The molecule has 0 bridgehead atoms.